The summed E-state index contributed by atoms with van der Waals surface area (Å²) in [5, 5.41) is 10.3. The molecule has 0 fully saturated rings. The highest BCUT2D eigenvalue weighted by atomic mass is 16.2. The molecule has 0 atom stereocenters. The normalized spacial score (nSPS) is 10.6. The summed E-state index contributed by atoms with van der Waals surface area (Å²) in [6, 6.07) is 15.7. The van der Waals surface area contributed by atoms with Crippen LogP contribution in [0.4, 0.5) is 11.4 Å². The molecule has 0 aliphatic rings. The van der Waals surface area contributed by atoms with Crippen molar-refractivity contribution >= 4 is 29.0 Å². The Labute approximate surface area is 194 Å². The Balaban J connectivity index is 1.66. The second-order valence-corrected chi connectivity index (χ2v) is 7.96. The van der Waals surface area contributed by atoms with Crippen molar-refractivity contribution in [3.05, 3.63) is 77.1 Å². The van der Waals surface area contributed by atoms with Gasteiger partial charge in [-0.1, -0.05) is 55.8 Å². The van der Waals surface area contributed by atoms with E-state index in [1.165, 1.54) is 0 Å². The molecule has 2 N–H and O–H groups in total. The number of ketones is 1. The number of nitrogens with zero attached hydrogens (tertiary/aromatic N) is 2. The zero-order chi connectivity index (χ0) is 23.8. The van der Waals surface area contributed by atoms with Crippen LogP contribution in [0.3, 0.4) is 0 Å². The molecule has 0 radical (unpaired) electrons. The van der Waals surface area contributed by atoms with Crippen LogP contribution in [0.5, 0.6) is 0 Å². The number of hydrogen-bond acceptors (Lipinski definition) is 4. The molecule has 33 heavy (non-hydrogen) atoms. The highest BCUT2D eigenvalue weighted by molar-refractivity contribution is 6.10. The summed E-state index contributed by atoms with van der Waals surface area (Å²) in [6.45, 7) is 6.72. The van der Waals surface area contributed by atoms with Gasteiger partial charge in [-0.15, -0.1) is 0 Å². The first-order valence-electron chi connectivity index (χ1n) is 11.2. The Kier molecular flexibility index (Phi) is 8.13. The van der Waals surface area contributed by atoms with Crippen molar-refractivity contribution in [2.75, 3.05) is 10.6 Å². The lowest BCUT2D eigenvalue weighted by Gasteiger charge is -2.12. The van der Waals surface area contributed by atoms with Crippen LogP contribution in [-0.2, 0) is 11.3 Å². The number of unbranched alkanes of at least 4 members (excludes halogenated alkanes) is 1. The first-order valence-corrected chi connectivity index (χ1v) is 11.2. The Bertz CT molecular complexity index is 1140. The van der Waals surface area contributed by atoms with E-state index in [0.29, 0.717) is 22.5 Å². The molecular weight excluding hydrogens is 416 g/mol. The predicted octanol–water partition coefficient (Wildman–Crippen LogP) is 5.15. The minimum absolute atomic E-state index is 0.0338. The summed E-state index contributed by atoms with van der Waals surface area (Å²) in [6.07, 6.45) is 2.20. The number of amides is 2. The SMILES string of the molecule is CCCCn1nc(C)c(NC(=O)c2ccccc2NC(=O)CCC(=O)c2ccccc2)c1C. The molecule has 0 bridgehead atoms. The van der Waals surface area contributed by atoms with Crippen molar-refractivity contribution in [3.8, 4) is 0 Å². The standard InChI is InChI=1S/C26H30N4O3/c1-4-5-17-30-19(3)25(18(2)29-30)28-26(33)21-13-9-10-14-22(21)27-24(32)16-15-23(31)20-11-7-6-8-12-20/h6-14H,4-5,15-17H2,1-3H3,(H,27,32)(H,28,33). The first-order chi connectivity index (χ1) is 15.9. The van der Waals surface area contributed by atoms with Gasteiger partial charge in [-0.25, -0.2) is 0 Å². The third-order valence-electron chi connectivity index (χ3n) is 5.46. The lowest BCUT2D eigenvalue weighted by atomic mass is 10.1. The number of carbonyl (C=O) groups excluding carboxylic acids is 3. The summed E-state index contributed by atoms with van der Waals surface area (Å²) in [7, 11) is 0. The largest absolute Gasteiger partial charge is 0.325 e. The number of carbonyl (C=O) groups is 3. The third kappa shape index (κ3) is 6.16. The third-order valence-corrected chi connectivity index (χ3v) is 5.46. The van der Waals surface area contributed by atoms with E-state index in [1.807, 2.05) is 24.6 Å². The smallest absolute Gasteiger partial charge is 0.257 e. The summed E-state index contributed by atoms with van der Waals surface area (Å²) in [4.78, 5) is 37.8. The van der Waals surface area contributed by atoms with E-state index in [9.17, 15) is 14.4 Å². The molecule has 0 saturated carbocycles. The molecule has 2 amide bonds. The van der Waals surface area contributed by atoms with Crippen molar-refractivity contribution in [2.45, 2.75) is 53.0 Å². The first kappa shape index (κ1) is 23.9. The van der Waals surface area contributed by atoms with E-state index in [4.69, 9.17) is 0 Å². The number of benzene rings is 2. The number of hydrogen-bond donors (Lipinski definition) is 2. The molecular formula is C26H30N4O3. The van der Waals surface area contributed by atoms with Crippen molar-refractivity contribution in [2.24, 2.45) is 0 Å². The highest BCUT2D eigenvalue weighted by Crippen LogP contribution is 2.23. The molecule has 2 aromatic carbocycles. The van der Waals surface area contributed by atoms with Gasteiger partial charge in [0.05, 0.1) is 28.3 Å². The number of rotatable bonds is 10. The van der Waals surface area contributed by atoms with E-state index in [1.54, 1.807) is 48.5 Å². The van der Waals surface area contributed by atoms with E-state index in [-0.39, 0.29) is 30.4 Å². The van der Waals surface area contributed by atoms with Crippen LogP contribution in [0.2, 0.25) is 0 Å². The average molecular weight is 447 g/mol. The van der Waals surface area contributed by atoms with Crippen molar-refractivity contribution in [3.63, 3.8) is 0 Å². The highest BCUT2D eigenvalue weighted by Gasteiger charge is 2.18. The molecule has 1 aromatic heterocycles. The number of anilines is 2. The Morgan fingerprint density at radius 2 is 1.61 bits per heavy atom. The van der Waals surface area contributed by atoms with Gasteiger partial charge in [0, 0.05) is 24.9 Å². The van der Waals surface area contributed by atoms with Crippen molar-refractivity contribution in [1.29, 1.82) is 0 Å². The maximum Gasteiger partial charge on any atom is 0.257 e. The monoisotopic (exact) mass is 446 g/mol. The number of nitrogens with one attached hydrogen (secondary N) is 2. The van der Waals surface area contributed by atoms with E-state index < -0.39 is 0 Å². The quantitative estimate of drug-likeness (QED) is 0.421. The van der Waals surface area contributed by atoms with Crippen LogP contribution < -0.4 is 10.6 Å². The summed E-state index contributed by atoms with van der Waals surface area (Å²) in [5.74, 6) is -0.741. The lowest BCUT2D eigenvalue weighted by molar-refractivity contribution is -0.116. The topological polar surface area (TPSA) is 93.1 Å². The number of aromatic nitrogens is 2. The van der Waals surface area contributed by atoms with Gasteiger partial charge in [0.2, 0.25) is 5.91 Å². The average Bonchev–Trinajstić information content (AvgIpc) is 3.09. The van der Waals surface area contributed by atoms with Crippen LogP contribution in [-0.4, -0.2) is 27.4 Å². The fourth-order valence-corrected chi connectivity index (χ4v) is 3.58. The molecule has 0 aliphatic heterocycles. The van der Waals surface area contributed by atoms with E-state index >= 15 is 0 Å². The summed E-state index contributed by atoms with van der Waals surface area (Å²) < 4.78 is 1.91. The number of para-hydroxylation sites is 1. The fourth-order valence-electron chi connectivity index (χ4n) is 3.58. The molecule has 7 nitrogen and oxygen atoms in total. The van der Waals surface area contributed by atoms with Gasteiger partial charge in [-0.2, -0.15) is 5.10 Å². The van der Waals surface area contributed by atoms with Gasteiger partial charge in [0.1, 0.15) is 0 Å². The van der Waals surface area contributed by atoms with Crippen LogP contribution in [0, 0.1) is 13.8 Å². The molecule has 0 aliphatic carbocycles. The minimum Gasteiger partial charge on any atom is -0.325 e. The zero-order valence-corrected chi connectivity index (χ0v) is 19.4. The van der Waals surface area contributed by atoms with E-state index in [2.05, 4.69) is 22.7 Å². The van der Waals surface area contributed by atoms with Gasteiger partial charge in [-0.3, -0.25) is 19.1 Å². The van der Waals surface area contributed by atoms with Crippen LogP contribution in [0.1, 0.15) is 64.7 Å². The van der Waals surface area contributed by atoms with Crippen LogP contribution in [0.25, 0.3) is 0 Å². The van der Waals surface area contributed by atoms with Gasteiger partial charge in [0.15, 0.2) is 5.78 Å². The number of aryl methyl sites for hydroxylation is 2. The lowest BCUT2D eigenvalue weighted by Crippen LogP contribution is -2.19. The molecule has 0 saturated heterocycles. The fraction of sp³-hybridized carbons (Fsp3) is 0.308. The molecule has 3 rings (SSSR count). The maximum atomic E-state index is 13.0. The Morgan fingerprint density at radius 3 is 2.33 bits per heavy atom. The second-order valence-electron chi connectivity index (χ2n) is 7.96. The predicted molar refractivity (Wildman–Crippen MR) is 130 cm³/mol. The number of Topliss-reactive ketones (excluding diaryl/α,β-unsaturated/α-hetero) is 1. The molecule has 172 valence electrons. The molecule has 3 aromatic rings. The van der Waals surface area contributed by atoms with Crippen LogP contribution >= 0.6 is 0 Å². The van der Waals surface area contributed by atoms with Gasteiger partial charge in [0.25, 0.3) is 5.91 Å². The van der Waals surface area contributed by atoms with Crippen LogP contribution in [0.15, 0.2) is 54.6 Å². The second kappa shape index (κ2) is 11.2. The molecule has 0 unspecified atom stereocenters. The molecule has 7 heteroatoms. The maximum absolute atomic E-state index is 13.0. The molecule has 0 spiro atoms. The van der Waals surface area contributed by atoms with Crippen molar-refractivity contribution < 1.29 is 14.4 Å². The van der Waals surface area contributed by atoms with Crippen molar-refractivity contribution in [1.82, 2.24) is 9.78 Å². The van der Waals surface area contributed by atoms with Gasteiger partial charge in [-0.05, 0) is 32.4 Å². The van der Waals surface area contributed by atoms with Gasteiger partial charge < -0.3 is 10.6 Å². The molecule has 1 heterocycles. The summed E-state index contributed by atoms with van der Waals surface area (Å²) >= 11 is 0. The van der Waals surface area contributed by atoms with E-state index in [0.717, 1.165) is 30.8 Å². The Morgan fingerprint density at radius 1 is 0.909 bits per heavy atom. The zero-order valence-electron chi connectivity index (χ0n) is 19.4. The minimum atomic E-state index is -0.326. The summed E-state index contributed by atoms with van der Waals surface area (Å²) in [5.41, 5.74) is 3.66. The van der Waals surface area contributed by atoms with Gasteiger partial charge >= 0.3 is 0 Å². The Hall–Kier alpha value is -3.74.